The fraction of sp³-hybridized carbons (Fsp3) is 0.222. The van der Waals surface area contributed by atoms with E-state index >= 15 is 0 Å². The molecule has 0 spiro atoms. The summed E-state index contributed by atoms with van der Waals surface area (Å²) in [6.07, 6.45) is 0. The molecule has 0 aliphatic heterocycles. The zero-order chi connectivity index (χ0) is 9.68. The van der Waals surface area contributed by atoms with Crippen molar-refractivity contribution in [2.75, 3.05) is 6.61 Å². The minimum absolute atomic E-state index is 0.244. The van der Waals surface area contributed by atoms with E-state index in [9.17, 15) is 4.39 Å². The lowest BCUT2D eigenvalue weighted by molar-refractivity contribution is 0.346. The average molecular weight is 216 g/mol. The number of hydrogen-bond acceptors (Lipinski definition) is 3. The SMILES string of the molecule is CCOC(=S)Sc1ccc(F)cc1. The number of thioether (sulfide) groups is 1. The Kier molecular flexibility index (Phi) is 4.18. The first-order valence-corrected chi connectivity index (χ1v) is 5.05. The van der Waals surface area contributed by atoms with Gasteiger partial charge < -0.3 is 4.74 Å². The second kappa shape index (κ2) is 5.19. The van der Waals surface area contributed by atoms with Crippen molar-refractivity contribution < 1.29 is 9.13 Å². The summed E-state index contributed by atoms with van der Waals surface area (Å²) in [6.45, 7) is 2.44. The van der Waals surface area contributed by atoms with Crippen molar-refractivity contribution >= 4 is 28.4 Å². The first-order chi connectivity index (χ1) is 6.22. The normalized spacial score (nSPS) is 9.69. The first-order valence-electron chi connectivity index (χ1n) is 3.82. The highest BCUT2D eigenvalue weighted by Gasteiger charge is 2.00. The van der Waals surface area contributed by atoms with Crippen LogP contribution < -0.4 is 0 Å². The Hall–Kier alpha value is -0.610. The number of ether oxygens (including phenoxy) is 1. The van der Waals surface area contributed by atoms with Gasteiger partial charge in [-0.2, -0.15) is 0 Å². The molecule has 0 heterocycles. The van der Waals surface area contributed by atoms with Gasteiger partial charge in [-0.05, 0) is 55.2 Å². The summed E-state index contributed by atoms with van der Waals surface area (Å²) in [6, 6.07) is 6.14. The van der Waals surface area contributed by atoms with Gasteiger partial charge in [-0.1, -0.05) is 0 Å². The molecule has 1 nitrogen and oxygen atoms in total. The molecule has 0 amide bonds. The number of hydrogen-bond donors (Lipinski definition) is 0. The standard InChI is InChI=1S/C9H9FOS2/c1-2-11-9(12)13-8-5-3-7(10)4-6-8/h3-6H,2H2,1H3. The van der Waals surface area contributed by atoms with Gasteiger partial charge in [0, 0.05) is 4.90 Å². The topological polar surface area (TPSA) is 9.23 Å². The molecule has 0 fully saturated rings. The first kappa shape index (κ1) is 10.5. The molecule has 0 saturated carbocycles. The Balaban J connectivity index is 2.54. The molecule has 0 aliphatic rings. The Morgan fingerprint density at radius 1 is 1.46 bits per heavy atom. The lowest BCUT2D eigenvalue weighted by Gasteiger charge is -2.03. The lowest BCUT2D eigenvalue weighted by Crippen LogP contribution is -1.94. The van der Waals surface area contributed by atoms with Gasteiger partial charge in [0.25, 0.3) is 0 Å². The number of halogens is 1. The van der Waals surface area contributed by atoms with Gasteiger partial charge >= 0.3 is 0 Å². The summed E-state index contributed by atoms with van der Waals surface area (Å²) in [5.74, 6) is -0.244. The molecule has 1 aromatic rings. The van der Waals surface area contributed by atoms with Gasteiger partial charge in [-0.25, -0.2) is 4.39 Å². The van der Waals surface area contributed by atoms with Crippen LogP contribution in [0.25, 0.3) is 0 Å². The molecular weight excluding hydrogens is 207 g/mol. The Morgan fingerprint density at radius 2 is 2.08 bits per heavy atom. The van der Waals surface area contributed by atoms with Gasteiger partial charge in [0.05, 0.1) is 6.61 Å². The van der Waals surface area contributed by atoms with Crippen LogP contribution in [0.15, 0.2) is 29.2 Å². The van der Waals surface area contributed by atoms with E-state index in [0.29, 0.717) is 11.0 Å². The average Bonchev–Trinajstić information content (AvgIpc) is 2.09. The lowest BCUT2D eigenvalue weighted by atomic mass is 10.4. The van der Waals surface area contributed by atoms with Gasteiger partial charge in [0.2, 0.25) is 4.38 Å². The van der Waals surface area contributed by atoms with Crippen LogP contribution in [0, 0.1) is 5.82 Å². The van der Waals surface area contributed by atoms with Crippen molar-refractivity contribution in [1.82, 2.24) is 0 Å². The minimum atomic E-state index is -0.244. The maximum absolute atomic E-state index is 12.5. The fourth-order valence-corrected chi connectivity index (χ4v) is 1.79. The zero-order valence-corrected chi connectivity index (χ0v) is 8.75. The van der Waals surface area contributed by atoms with Crippen molar-refractivity contribution in [2.24, 2.45) is 0 Å². The van der Waals surface area contributed by atoms with Gasteiger partial charge in [0.1, 0.15) is 5.82 Å². The highest BCUT2D eigenvalue weighted by atomic mass is 32.2. The highest BCUT2D eigenvalue weighted by molar-refractivity contribution is 8.22. The van der Waals surface area contributed by atoms with Crippen LogP contribution >= 0.6 is 24.0 Å². The number of benzene rings is 1. The molecule has 0 aromatic heterocycles. The summed E-state index contributed by atoms with van der Waals surface area (Å²) in [7, 11) is 0. The monoisotopic (exact) mass is 216 g/mol. The summed E-state index contributed by atoms with van der Waals surface area (Å²) < 4.78 is 18.0. The van der Waals surface area contributed by atoms with Crippen molar-refractivity contribution in [1.29, 1.82) is 0 Å². The molecule has 0 radical (unpaired) electrons. The molecule has 0 aliphatic carbocycles. The van der Waals surface area contributed by atoms with Gasteiger partial charge in [-0.15, -0.1) is 0 Å². The second-order valence-electron chi connectivity index (χ2n) is 2.24. The molecule has 4 heteroatoms. The molecule has 0 unspecified atom stereocenters. The Labute approximate surface area is 86.3 Å². The zero-order valence-electron chi connectivity index (χ0n) is 7.12. The van der Waals surface area contributed by atoms with Crippen LogP contribution in [-0.4, -0.2) is 11.0 Å². The Morgan fingerprint density at radius 3 is 2.62 bits per heavy atom. The largest absolute Gasteiger partial charge is 0.479 e. The number of rotatable bonds is 2. The van der Waals surface area contributed by atoms with Crippen LogP contribution in [0.4, 0.5) is 4.39 Å². The molecule has 0 saturated heterocycles. The van der Waals surface area contributed by atoms with Crippen LogP contribution in [0.5, 0.6) is 0 Å². The molecule has 13 heavy (non-hydrogen) atoms. The van der Waals surface area contributed by atoms with Crippen molar-refractivity contribution in [3.8, 4) is 0 Å². The Bertz CT molecular complexity index is 284. The van der Waals surface area contributed by atoms with E-state index in [1.807, 2.05) is 6.92 Å². The predicted molar refractivity (Wildman–Crippen MR) is 56.5 cm³/mol. The third-order valence-corrected chi connectivity index (χ3v) is 2.44. The summed E-state index contributed by atoms with van der Waals surface area (Å²) >= 11 is 6.23. The maximum atomic E-state index is 12.5. The van der Waals surface area contributed by atoms with Crippen LogP contribution in [-0.2, 0) is 4.74 Å². The van der Waals surface area contributed by atoms with E-state index < -0.39 is 0 Å². The fourth-order valence-electron chi connectivity index (χ4n) is 0.746. The van der Waals surface area contributed by atoms with Gasteiger partial charge in [-0.3, -0.25) is 0 Å². The summed E-state index contributed by atoms with van der Waals surface area (Å²) in [4.78, 5) is 0.889. The van der Waals surface area contributed by atoms with Crippen molar-refractivity contribution in [3.63, 3.8) is 0 Å². The van der Waals surface area contributed by atoms with Crippen LogP contribution in [0.2, 0.25) is 0 Å². The molecule has 1 aromatic carbocycles. The molecule has 0 bridgehead atoms. The van der Waals surface area contributed by atoms with E-state index in [-0.39, 0.29) is 5.82 Å². The van der Waals surface area contributed by atoms with Gasteiger partial charge in [0.15, 0.2) is 0 Å². The van der Waals surface area contributed by atoms with E-state index in [4.69, 9.17) is 17.0 Å². The third kappa shape index (κ3) is 3.74. The smallest absolute Gasteiger partial charge is 0.224 e. The molecular formula is C9H9FOS2. The van der Waals surface area contributed by atoms with Crippen LogP contribution in [0.3, 0.4) is 0 Å². The maximum Gasteiger partial charge on any atom is 0.224 e. The summed E-state index contributed by atoms with van der Waals surface area (Å²) in [5.41, 5.74) is 0. The third-order valence-electron chi connectivity index (χ3n) is 1.28. The van der Waals surface area contributed by atoms with E-state index in [2.05, 4.69) is 0 Å². The molecule has 1 rings (SSSR count). The summed E-state index contributed by atoms with van der Waals surface area (Å²) in [5, 5.41) is 0. The van der Waals surface area contributed by atoms with Crippen molar-refractivity contribution in [2.45, 2.75) is 11.8 Å². The highest BCUT2D eigenvalue weighted by Crippen LogP contribution is 2.20. The van der Waals surface area contributed by atoms with E-state index in [0.717, 1.165) is 4.90 Å². The van der Waals surface area contributed by atoms with E-state index in [1.165, 1.54) is 23.9 Å². The molecule has 70 valence electrons. The van der Waals surface area contributed by atoms with E-state index in [1.54, 1.807) is 12.1 Å². The number of thiocarbonyl (C=S) groups is 1. The molecule has 0 atom stereocenters. The minimum Gasteiger partial charge on any atom is -0.479 e. The van der Waals surface area contributed by atoms with Crippen LogP contribution in [0.1, 0.15) is 6.92 Å². The van der Waals surface area contributed by atoms with Crippen molar-refractivity contribution in [3.05, 3.63) is 30.1 Å². The quantitative estimate of drug-likeness (QED) is 0.555. The predicted octanol–water partition coefficient (Wildman–Crippen LogP) is 3.24. The second-order valence-corrected chi connectivity index (χ2v) is 3.91. The molecule has 0 N–H and O–H groups in total.